The van der Waals surface area contributed by atoms with Crippen molar-refractivity contribution in [3.63, 3.8) is 0 Å². The molecule has 0 N–H and O–H groups in total. The second-order valence-corrected chi connectivity index (χ2v) is 6.90. The molecule has 0 saturated carbocycles. The number of benzene rings is 1. The Morgan fingerprint density at radius 2 is 2.00 bits per heavy atom. The van der Waals surface area contributed by atoms with Crippen molar-refractivity contribution in [1.29, 1.82) is 0 Å². The monoisotopic (exact) mass is 378 g/mol. The summed E-state index contributed by atoms with van der Waals surface area (Å²) in [4.78, 5) is 4.12. The fraction of sp³-hybridized carbons (Fsp3) is 0.100. The largest absolute Gasteiger partial charge is 0.270 e. The molecule has 0 fully saturated rings. The third-order valence-corrected chi connectivity index (χ3v) is 5.44. The van der Waals surface area contributed by atoms with Gasteiger partial charge in [-0.3, -0.25) is 0 Å². The zero-order valence-corrected chi connectivity index (χ0v) is 12.8. The maximum atomic E-state index is 12.3. The van der Waals surface area contributed by atoms with Gasteiger partial charge in [0.25, 0.3) is 10.0 Å². The quantitative estimate of drug-likeness (QED) is 0.805. The summed E-state index contributed by atoms with van der Waals surface area (Å²) in [7, 11) is -3.59. The van der Waals surface area contributed by atoms with Crippen molar-refractivity contribution in [1.82, 2.24) is 8.96 Å². The van der Waals surface area contributed by atoms with E-state index < -0.39 is 10.0 Å². The summed E-state index contributed by atoms with van der Waals surface area (Å²) >= 11 is 6.53. The van der Waals surface area contributed by atoms with Gasteiger partial charge >= 0.3 is 0 Å². The highest BCUT2D eigenvalue weighted by atomic mass is 79.9. The predicted octanol–water partition coefficient (Wildman–Crippen LogP) is 2.95. The van der Waals surface area contributed by atoms with Crippen molar-refractivity contribution in [2.45, 2.75) is 11.8 Å². The second-order valence-electron chi connectivity index (χ2n) is 3.35. The lowest BCUT2D eigenvalue weighted by Crippen LogP contribution is -2.14. The Morgan fingerprint density at radius 1 is 1.29 bits per heavy atom. The molecule has 2 aromatic rings. The van der Waals surface area contributed by atoms with Crippen LogP contribution in [0.1, 0.15) is 5.82 Å². The summed E-state index contributed by atoms with van der Waals surface area (Å²) in [6.07, 6.45) is 2.89. The van der Waals surface area contributed by atoms with Crippen molar-refractivity contribution in [3.8, 4) is 0 Å². The number of aryl methyl sites for hydroxylation is 1. The number of nitrogens with zero attached hydrogens (tertiary/aromatic N) is 2. The van der Waals surface area contributed by atoms with E-state index in [1.54, 1.807) is 25.1 Å². The van der Waals surface area contributed by atoms with Crippen LogP contribution < -0.4 is 0 Å². The Morgan fingerprint density at radius 3 is 2.53 bits per heavy atom. The van der Waals surface area contributed by atoms with Gasteiger partial charge in [0.1, 0.15) is 10.7 Å². The molecule has 1 aromatic carbocycles. The van der Waals surface area contributed by atoms with Gasteiger partial charge in [-0.2, -0.15) is 0 Å². The predicted molar refractivity (Wildman–Crippen MR) is 71.4 cm³/mol. The maximum absolute atomic E-state index is 12.3. The Hall–Kier alpha value is -0.660. The van der Waals surface area contributed by atoms with Gasteiger partial charge in [-0.05, 0) is 41.1 Å². The van der Waals surface area contributed by atoms with Gasteiger partial charge in [-0.1, -0.05) is 15.9 Å². The Balaban J connectivity index is 2.65. The van der Waals surface area contributed by atoms with Crippen molar-refractivity contribution in [2.75, 3.05) is 0 Å². The number of aromatic nitrogens is 2. The summed E-state index contributed by atoms with van der Waals surface area (Å²) in [5.41, 5.74) is 0. The third kappa shape index (κ3) is 2.31. The Bertz CT molecular complexity index is 665. The van der Waals surface area contributed by atoms with Crippen LogP contribution in [0.5, 0.6) is 0 Å². The standard InChI is InChI=1S/C10H8Br2N2O2S/c1-7-13-4-5-14(7)17(15,16)10-3-2-8(11)6-9(10)12/h2-6H,1H3. The van der Waals surface area contributed by atoms with E-state index in [9.17, 15) is 8.42 Å². The van der Waals surface area contributed by atoms with Crippen LogP contribution in [-0.4, -0.2) is 17.4 Å². The highest BCUT2D eigenvalue weighted by molar-refractivity contribution is 9.11. The van der Waals surface area contributed by atoms with Crippen molar-refractivity contribution < 1.29 is 8.42 Å². The zero-order valence-electron chi connectivity index (χ0n) is 8.76. The van der Waals surface area contributed by atoms with Crippen molar-refractivity contribution >= 4 is 41.9 Å². The molecule has 1 aromatic heterocycles. The van der Waals surface area contributed by atoms with E-state index >= 15 is 0 Å². The Kier molecular flexibility index (Phi) is 3.42. The normalized spacial score (nSPS) is 11.7. The maximum Gasteiger partial charge on any atom is 0.270 e. The lowest BCUT2D eigenvalue weighted by atomic mass is 10.4. The molecule has 0 atom stereocenters. The first kappa shape index (κ1) is 12.8. The molecule has 7 heteroatoms. The van der Waals surface area contributed by atoms with Crippen LogP contribution in [0, 0.1) is 6.92 Å². The van der Waals surface area contributed by atoms with Gasteiger partial charge in [0, 0.05) is 21.3 Å². The highest BCUT2D eigenvalue weighted by Crippen LogP contribution is 2.27. The van der Waals surface area contributed by atoms with E-state index in [4.69, 9.17) is 0 Å². The minimum atomic E-state index is -3.59. The number of rotatable bonds is 2. The molecule has 0 saturated heterocycles. The van der Waals surface area contributed by atoms with Gasteiger partial charge in [-0.15, -0.1) is 0 Å². The molecule has 17 heavy (non-hydrogen) atoms. The molecule has 0 aliphatic rings. The summed E-state index contributed by atoms with van der Waals surface area (Å²) in [6.45, 7) is 1.64. The third-order valence-electron chi connectivity index (χ3n) is 2.21. The molecular weight excluding hydrogens is 372 g/mol. The molecule has 0 radical (unpaired) electrons. The van der Waals surface area contributed by atoms with Crippen molar-refractivity contribution in [3.05, 3.63) is 45.4 Å². The minimum Gasteiger partial charge on any atom is -0.241 e. The Labute approximate surface area is 116 Å². The van der Waals surface area contributed by atoms with Gasteiger partial charge in [-0.25, -0.2) is 17.4 Å². The number of halogens is 2. The molecule has 1 heterocycles. The fourth-order valence-corrected chi connectivity index (χ4v) is 4.44. The lowest BCUT2D eigenvalue weighted by molar-refractivity contribution is 0.585. The second kappa shape index (κ2) is 4.55. The SMILES string of the molecule is Cc1nccn1S(=O)(=O)c1ccc(Br)cc1Br. The summed E-state index contributed by atoms with van der Waals surface area (Å²) in [6, 6.07) is 4.92. The van der Waals surface area contributed by atoms with Gasteiger partial charge in [0.2, 0.25) is 0 Å². The highest BCUT2D eigenvalue weighted by Gasteiger charge is 2.21. The lowest BCUT2D eigenvalue weighted by Gasteiger charge is -2.09. The summed E-state index contributed by atoms with van der Waals surface area (Å²) in [5.74, 6) is 0.430. The smallest absolute Gasteiger partial charge is 0.241 e. The molecule has 0 unspecified atom stereocenters. The first-order valence-electron chi connectivity index (χ1n) is 4.63. The fourth-order valence-electron chi connectivity index (χ4n) is 1.41. The topological polar surface area (TPSA) is 52.0 Å². The molecule has 4 nitrogen and oxygen atoms in total. The average molecular weight is 380 g/mol. The van der Waals surface area contributed by atoms with Crippen LogP contribution in [0.25, 0.3) is 0 Å². The van der Waals surface area contributed by atoms with Gasteiger partial charge < -0.3 is 0 Å². The molecule has 2 rings (SSSR count). The van der Waals surface area contributed by atoms with Crippen LogP contribution in [-0.2, 0) is 10.0 Å². The minimum absolute atomic E-state index is 0.210. The molecule has 90 valence electrons. The van der Waals surface area contributed by atoms with E-state index in [0.717, 1.165) is 8.45 Å². The molecular formula is C10H8Br2N2O2S. The molecule has 0 aliphatic carbocycles. The van der Waals surface area contributed by atoms with E-state index in [0.29, 0.717) is 10.3 Å². The number of hydrogen-bond donors (Lipinski definition) is 0. The molecule has 0 bridgehead atoms. The van der Waals surface area contributed by atoms with Gasteiger partial charge in [0.15, 0.2) is 0 Å². The van der Waals surface area contributed by atoms with E-state index in [-0.39, 0.29) is 4.90 Å². The van der Waals surface area contributed by atoms with Crippen molar-refractivity contribution in [2.24, 2.45) is 0 Å². The van der Waals surface area contributed by atoms with E-state index in [1.807, 2.05) is 0 Å². The molecule has 0 spiro atoms. The van der Waals surface area contributed by atoms with Crippen LogP contribution in [0.3, 0.4) is 0 Å². The van der Waals surface area contributed by atoms with Crippen LogP contribution in [0.2, 0.25) is 0 Å². The number of hydrogen-bond acceptors (Lipinski definition) is 3. The number of imidazole rings is 1. The summed E-state index contributed by atoms with van der Waals surface area (Å²) < 4.78 is 27.1. The average Bonchev–Trinajstić information content (AvgIpc) is 2.64. The first-order valence-corrected chi connectivity index (χ1v) is 7.66. The van der Waals surface area contributed by atoms with E-state index in [2.05, 4.69) is 36.8 Å². The van der Waals surface area contributed by atoms with E-state index in [1.165, 1.54) is 12.4 Å². The summed E-state index contributed by atoms with van der Waals surface area (Å²) in [5, 5.41) is 0. The molecule has 0 aliphatic heterocycles. The first-order chi connectivity index (χ1) is 7.93. The van der Waals surface area contributed by atoms with Gasteiger partial charge in [0.05, 0.1) is 0 Å². The van der Waals surface area contributed by atoms with Crippen LogP contribution in [0.15, 0.2) is 44.4 Å². The van der Waals surface area contributed by atoms with Crippen LogP contribution >= 0.6 is 31.9 Å². The zero-order chi connectivity index (χ0) is 12.6. The molecule has 0 amide bonds. The van der Waals surface area contributed by atoms with Crippen LogP contribution in [0.4, 0.5) is 0 Å².